The van der Waals surface area contributed by atoms with Gasteiger partial charge in [0.05, 0.1) is 5.69 Å². The summed E-state index contributed by atoms with van der Waals surface area (Å²) in [4.78, 5) is 7.08. The topological polar surface area (TPSA) is 42.4 Å². The number of nitrogens with zero attached hydrogens (tertiary/aromatic N) is 2. The molecule has 0 aliphatic carbocycles. The van der Waals surface area contributed by atoms with Crippen LogP contribution in [-0.4, -0.2) is 4.98 Å². The summed E-state index contributed by atoms with van der Waals surface area (Å²) in [5, 5.41) is 11.4. The number of aromatic nitrogens is 1. The highest BCUT2D eigenvalue weighted by Crippen LogP contribution is 2.41. The molecular formula is C53H32N2O2. The monoisotopic (exact) mass is 728 g/mol. The van der Waals surface area contributed by atoms with Gasteiger partial charge >= 0.3 is 0 Å². The average Bonchev–Trinajstić information content (AvgIpc) is 3.82. The van der Waals surface area contributed by atoms with Gasteiger partial charge in [-0.25, -0.2) is 0 Å². The third-order valence-electron chi connectivity index (χ3n) is 11.4. The van der Waals surface area contributed by atoms with Gasteiger partial charge in [0.2, 0.25) is 0 Å². The molecule has 12 aromatic rings. The Kier molecular flexibility index (Phi) is 6.89. The Labute approximate surface area is 327 Å². The van der Waals surface area contributed by atoms with E-state index in [-0.39, 0.29) is 0 Å². The smallest absolute Gasteiger partial charge is 0.136 e. The Balaban J connectivity index is 0.956. The Morgan fingerprint density at radius 1 is 0.316 bits per heavy atom. The van der Waals surface area contributed by atoms with Crippen molar-refractivity contribution in [2.24, 2.45) is 0 Å². The van der Waals surface area contributed by atoms with Crippen LogP contribution >= 0.6 is 0 Å². The van der Waals surface area contributed by atoms with Crippen LogP contribution in [0.3, 0.4) is 0 Å². The molecule has 4 heteroatoms. The second-order valence-corrected chi connectivity index (χ2v) is 14.8. The molecule has 57 heavy (non-hydrogen) atoms. The highest BCUT2D eigenvalue weighted by Gasteiger charge is 2.17. The fraction of sp³-hybridized carbons (Fsp3) is 0. The van der Waals surface area contributed by atoms with Gasteiger partial charge in [-0.1, -0.05) is 109 Å². The van der Waals surface area contributed by atoms with E-state index in [9.17, 15) is 0 Å². The summed E-state index contributed by atoms with van der Waals surface area (Å²) in [7, 11) is 0. The fourth-order valence-corrected chi connectivity index (χ4v) is 8.51. The van der Waals surface area contributed by atoms with Gasteiger partial charge in [-0.2, -0.15) is 0 Å². The molecular weight excluding hydrogens is 697 g/mol. The van der Waals surface area contributed by atoms with Crippen LogP contribution in [0.15, 0.2) is 203 Å². The molecule has 0 unspecified atom stereocenters. The van der Waals surface area contributed by atoms with Crippen molar-refractivity contribution in [1.29, 1.82) is 0 Å². The zero-order valence-corrected chi connectivity index (χ0v) is 30.7. The second-order valence-electron chi connectivity index (χ2n) is 14.8. The summed E-state index contributed by atoms with van der Waals surface area (Å²) in [6, 6.07) is 66.8. The van der Waals surface area contributed by atoms with Gasteiger partial charge in [0, 0.05) is 55.8 Å². The molecule has 0 saturated heterocycles. The van der Waals surface area contributed by atoms with E-state index in [2.05, 4.69) is 163 Å². The normalized spacial score (nSPS) is 11.9. The van der Waals surface area contributed by atoms with Crippen LogP contribution in [-0.2, 0) is 0 Å². The largest absolute Gasteiger partial charge is 0.456 e. The van der Waals surface area contributed by atoms with Gasteiger partial charge in [0.15, 0.2) is 0 Å². The van der Waals surface area contributed by atoms with E-state index in [0.29, 0.717) is 0 Å². The van der Waals surface area contributed by atoms with E-state index in [1.54, 1.807) is 0 Å². The van der Waals surface area contributed by atoms with Crippen molar-refractivity contribution in [3.63, 3.8) is 0 Å². The van der Waals surface area contributed by atoms with E-state index in [1.165, 1.54) is 16.2 Å². The SMILES string of the molecule is c1ccc2cc(-c3ccc(-c4ccc(N(c5ccc6cc7c(cc6c5)oc5ccccc57)c5ccc6cc7c(cc6c5)oc5ccccc57)cc4)cc3)ncc2c1. The maximum Gasteiger partial charge on any atom is 0.136 e. The van der Waals surface area contributed by atoms with Gasteiger partial charge < -0.3 is 13.7 Å². The van der Waals surface area contributed by atoms with Crippen LogP contribution in [0.5, 0.6) is 0 Å². The molecule has 9 aromatic carbocycles. The lowest BCUT2D eigenvalue weighted by molar-refractivity contribution is 0.669. The Morgan fingerprint density at radius 3 is 1.39 bits per heavy atom. The van der Waals surface area contributed by atoms with Crippen molar-refractivity contribution < 1.29 is 8.83 Å². The Morgan fingerprint density at radius 2 is 0.789 bits per heavy atom. The maximum absolute atomic E-state index is 6.31. The van der Waals surface area contributed by atoms with Crippen molar-refractivity contribution in [1.82, 2.24) is 4.98 Å². The highest BCUT2D eigenvalue weighted by atomic mass is 16.3. The van der Waals surface area contributed by atoms with Crippen molar-refractivity contribution >= 4 is 93.3 Å². The first-order valence-electron chi connectivity index (χ1n) is 19.2. The second kappa shape index (κ2) is 12.4. The van der Waals surface area contributed by atoms with E-state index in [1.807, 2.05) is 36.5 Å². The summed E-state index contributed by atoms with van der Waals surface area (Å²) >= 11 is 0. The summed E-state index contributed by atoms with van der Waals surface area (Å²) in [6.07, 6.45) is 1.95. The number of hydrogen-bond acceptors (Lipinski definition) is 4. The number of hydrogen-bond donors (Lipinski definition) is 0. The van der Waals surface area contributed by atoms with Crippen LogP contribution in [0.2, 0.25) is 0 Å². The molecule has 0 spiro atoms. The van der Waals surface area contributed by atoms with Crippen molar-refractivity contribution in [2.45, 2.75) is 0 Å². The van der Waals surface area contributed by atoms with E-state index in [4.69, 9.17) is 13.8 Å². The first-order chi connectivity index (χ1) is 28.2. The summed E-state index contributed by atoms with van der Waals surface area (Å²) in [5.41, 5.74) is 11.1. The van der Waals surface area contributed by atoms with Gasteiger partial charge in [-0.3, -0.25) is 4.98 Å². The van der Waals surface area contributed by atoms with Crippen LogP contribution in [0.25, 0.3) is 98.6 Å². The molecule has 4 nitrogen and oxygen atoms in total. The number of para-hydroxylation sites is 2. The molecule has 3 aromatic heterocycles. The maximum atomic E-state index is 6.31. The standard InChI is InChI=1S/C53H32N2O2/c1-2-8-39-32-54-49(29-36(39)7-1)35-15-13-33(14-16-35)34-17-21-42(22-18-34)55(43-23-19-37-27-47-45-9-3-5-11-50(45)56-52(47)30-40(37)25-43)44-24-20-38-28-48-46-10-4-6-12-51(46)57-53(48)31-41(38)26-44/h1-32H. The average molecular weight is 729 g/mol. The van der Waals surface area contributed by atoms with Crippen molar-refractivity contribution in [2.75, 3.05) is 4.90 Å². The number of furan rings is 2. The van der Waals surface area contributed by atoms with Crippen LogP contribution in [0.4, 0.5) is 17.1 Å². The first-order valence-corrected chi connectivity index (χ1v) is 19.2. The molecule has 0 atom stereocenters. The summed E-state index contributed by atoms with van der Waals surface area (Å²) in [6.45, 7) is 0. The third-order valence-corrected chi connectivity index (χ3v) is 11.4. The summed E-state index contributed by atoms with van der Waals surface area (Å²) < 4.78 is 12.6. The molecule has 266 valence electrons. The molecule has 0 amide bonds. The van der Waals surface area contributed by atoms with Gasteiger partial charge in [-0.15, -0.1) is 0 Å². The highest BCUT2D eigenvalue weighted by molar-refractivity contribution is 6.12. The third kappa shape index (κ3) is 5.26. The molecule has 0 aliphatic rings. The number of benzene rings is 9. The molecule has 0 aliphatic heterocycles. The quantitative estimate of drug-likeness (QED) is 0.177. The molecule has 3 heterocycles. The minimum absolute atomic E-state index is 0.889. The molecule has 0 radical (unpaired) electrons. The first kappa shape index (κ1) is 31.6. The lowest BCUT2D eigenvalue weighted by atomic mass is 10.0. The molecule has 0 bridgehead atoms. The van der Waals surface area contributed by atoms with Crippen LogP contribution in [0.1, 0.15) is 0 Å². The van der Waals surface area contributed by atoms with Gasteiger partial charge in [0.25, 0.3) is 0 Å². The van der Waals surface area contributed by atoms with Crippen molar-refractivity contribution in [3.05, 3.63) is 194 Å². The number of pyridine rings is 1. The molecule has 0 saturated carbocycles. The minimum Gasteiger partial charge on any atom is -0.456 e. The molecule has 0 fully saturated rings. The molecule has 12 rings (SSSR count). The number of rotatable bonds is 5. The van der Waals surface area contributed by atoms with Crippen LogP contribution < -0.4 is 4.90 Å². The Bertz CT molecular complexity index is 3370. The lowest BCUT2D eigenvalue weighted by Gasteiger charge is -2.26. The van der Waals surface area contributed by atoms with E-state index < -0.39 is 0 Å². The lowest BCUT2D eigenvalue weighted by Crippen LogP contribution is -2.09. The Hall–Kier alpha value is -7.69. The zero-order chi connectivity index (χ0) is 37.5. The van der Waals surface area contributed by atoms with Gasteiger partial charge in [0.1, 0.15) is 22.3 Å². The predicted octanol–water partition coefficient (Wildman–Crippen LogP) is 15.1. The van der Waals surface area contributed by atoms with Crippen molar-refractivity contribution in [3.8, 4) is 22.4 Å². The zero-order valence-electron chi connectivity index (χ0n) is 30.7. The van der Waals surface area contributed by atoms with Gasteiger partial charge in [-0.05, 0) is 117 Å². The number of anilines is 3. The van der Waals surface area contributed by atoms with E-state index in [0.717, 1.165) is 99.5 Å². The minimum atomic E-state index is 0.889. The molecule has 0 N–H and O–H groups in total. The summed E-state index contributed by atoms with van der Waals surface area (Å²) in [5.74, 6) is 0. The predicted molar refractivity (Wildman–Crippen MR) is 237 cm³/mol. The van der Waals surface area contributed by atoms with Crippen LogP contribution in [0, 0.1) is 0 Å². The fourth-order valence-electron chi connectivity index (χ4n) is 8.51. The van der Waals surface area contributed by atoms with E-state index >= 15 is 0 Å². The number of fused-ring (bicyclic) bond motifs is 9.